The molecule has 0 saturated carbocycles. The Morgan fingerprint density at radius 3 is 2.50 bits per heavy atom. The number of rotatable bonds is 3. The Morgan fingerprint density at radius 1 is 1.22 bits per heavy atom. The number of nitrogens with one attached hydrogen (secondary N) is 1. The number of anilines is 1. The molecule has 0 aliphatic carbocycles. The van der Waals surface area contributed by atoms with E-state index in [0.29, 0.717) is 3.79 Å². The molecule has 0 radical (unpaired) electrons. The standard InChI is InChI=1S/C9H5BrF2N2O2S2/c10-6-2-4-8(17-6)18(15,16)14-5-1-3-7(11)13-9(5)12/h1-4,14H. The number of sulfonamides is 1. The molecule has 96 valence electrons. The van der Waals surface area contributed by atoms with Crippen LogP contribution in [-0.2, 0) is 10.0 Å². The lowest BCUT2D eigenvalue weighted by Gasteiger charge is -2.06. The molecule has 0 saturated heterocycles. The maximum atomic E-state index is 13.2. The molecule has 2 heterocycles. The van der Waals surface area contributed by atoms with E-state index in [1.54, 1.807) is 6.07 Å². The van der Waals surface area contributed by atoms with Gasteiger partial charge in [0.15, 0.2) is 0 Å². The molecular weight excluding hydrogens is 350 g/mol. The molecule has 18 heavy (non-hydrogen) atoms. The lowest BCUT2D eigenvalue weighted by molar-refractivity contribution is 0.515. The van der Waals surface area contributed by atoms with Crippen LogP contribution in [0.25, 0.3) is 0 Å². The third-order valence-corrected chi connectivity index (χ3v) is 5.35. The van der Waals surface area contributed by atoms with Crippen LogP contribution in [0.15, 0.2) is 32.3 Å². The van der Waals surface area contributed by atoms with Crippen molar-refractivity contribution in [2.75, 3.05) is 4.72 Å². The first-order chi connectivity index (χ1) is 8.38. The highest BCUT2D eigenvalue weighted by atomic mass is 79.9. The second-order valence-corrected chi connectivity index (χ2v) is 7.51. The predicted octanol–water partition coefficient (Wildman–Crippen LogP) is 2.98. The highest BCUT2D eigenvalue weighted by Gasteiger charge is 2.19. The van der Waals surface area contributed by atoms with Gasteiger partial charge < -0.3 is 0 Å². The van der Waals surface area contributed by atoms with Gasteiger partial charge in [-0.2, -0.15) is 13.8 Å². The zero-order valence-electron chi connectivity index (χ0n) is 8.52. The molecule has 9 heteroatoms. The lowest BCUT2D eigenvalue weighted by atomic mass is 10.4. The molecule has 0 unspecified atom stereocenters. The molecule has 2 aromatic heterocycles. The number of pyridine rings is 1. The zero-order valence-corrected chi connectivity index (χ0v) is 11.7. The Morgan fingerprint density at radius 2 is 1.94 bits per heavy atom. The first kappa shape index (κ1) is 13.4. The molecule has 0 aliphatic rings. The van der Waals surface area contributed by atoms with Crippen molar-refractivity contribution in [3.8, 4) is 0 Å². The van der Waals surface area contributed by atoms with Crippen LogP contribution in [0.5, 0.6) is 0 Å². The van der Waals surface area contributed by atoms with Crippen molar-refractivity contribution in [2.45, 2.75) is 4.21 Å². The Hall–Kier alpha value is -1.06. The minimum absolute atomic E-state index is 0.0121. The van der Waals surface area contributed by atoms with Gasteiger partial charge >= 0.3 is 0 Å². The molecule has 0 spiro atoms. The van der Waals surface area contributed by atoms with Crippen LogP contribution in [0.1, 0.15) is 0 Å². The minimum atomic E-state index is -3.89. The smallest absolute Gasteiger partial charge is 0.271 e. The zero-order chi connectivity index (χ0) is 13.3. The van der Waals surface area contributed by atoms with Crippen molar-refractivity contribution < 1.29 is 17.2 Å². The maximum absolute atomic E-state index is 13.2. The van der Waals surface area contributed by atoms with E-state index in [0.717, 1.165) is 23.5 Å². The minimum Gasteiger partial charge on any atom is -0.274 e. The molecule has 2 rings (SSSR count). The van der Waals surface area contributed by atoms with Gasteiger partial charge in [0.05, 0.1) is 3.79 Å². The predicted molar refractivity (Wildman–Crippen MR) is 67.0 cm³/mol. The molecular formula is C9H5BrF2N2O2S2. The van der Waals surface area contributed by atoms with Gasteiger partial charge in [-0.3, -0.25) is 4.72 Å². The molecule has 0 amide bonds. The van der Waals surface area contributed by atoms with Gasteiger partial charge in [0, 0.05) is 0 Å². The fourth-order valence-corrected chi connectivity index (χ4v) is 4.19. The molecule has 2 aromatic rings. The first-order valence-electron chi connectivity index (χ1n) is 4.49. The van der Waals surface area contributed by atoms with Gasteiger partial charge in [-0.25, -0.2) is 8.42 Å². The number of aromatic nitrogens is 1. The quantitative estimate of drug-likeness (QED) is 0.862. The van der Waals surface area contributed by atoms with E-state index < -0.39 is 27.6 Å². The number of halogens is 3. The SMILES string of the molecule is O=S(=O)(Nc1ccc(F)nc1F)c1ccc(Br)s1. The third kappa shape index (κ3) is 2.85. The van der Waals surface area contributed by atoms with Gasteiger partial charge in [0.2, 0.25) is 11.9 Å². The van der Waals surface area contributed by atoms with Crippen molar-refractivity contribution in [1.82, 2.24) is 4.98 Å². The highest BCUT2D eigenvalue weighted by Crippen LogP contribution is 2.27. The van der Waals surface area contributed by atoms with E-state index in [4.69, 9.17) is 0 Å². The summed E-state index contributed by atoms with van der Waals surface area (Å²) in [5.74, 6) is -2.23. The van der Waals surface area contributed by atoms with Crippen LogP contribution in [0.4, 0.5) is 14.5 Å². The third-order valence-electron chi connectivity index (χ3n) is 1.87. The lowest BCUT2D eigenvalue weighted by Crippen LogP contribution is -2.13. The van der Waals surface area contributed by atoms with Crippen LogP contribution in [-0.4, -0.2) is 13.4 Å². The van der Waals surface area contributed by atoms with E-state index in [2.05, 4.69) is 20.9 Å². The summed E-state index contributed by atoms with van der Waals surface area (Å²) in [7, 11) is -3.89. The monoisotopic (exact) mass is 354 g/mol. The van der Waals surface area contributed by atoms with Gasteiger partial charge in [0.25, 0.3) is 10.0 Å². The van der Waals surface area contributed by atoms with Crippen molar-refractivity contribution in [2.24, 2.45) is 0 Å². The van der Waals surface area contributed by atoms with Crippen LogP contribution < -0.4 is 4.72 Å². The number of nitrogens with zero attached hydrogens (tertiary/aromatic N) is 1. The van der Waals surface area contributed by atoms with Crippen molar-refractivity contribution in [3.05, 3.63) is 39.9 Å². The Bertz CT molecular complexity index is 688. The Labute approximate surface area is 114 Å². The summed E-state index contributed by atoms with van der Waals surface area (Å²) in [4.78, 5) is 2.89. The summed E-state index contributed by atoms with van der Waals surface area (Å²) in [5, 5.41) is 0. The Balaban J connectivity index is 2.33. The molecule has 0 atom stereocenters. The van der Waals surface area contributed by atoms with Crippen LogP contribution in [0, 0.1) is 11.9 Å². The maximum Gasteiger partial charge on any atom is 0.271 e. The summed E-state index contributed by atoms with van der Waals surface area (Å²) >= 11 is 4.10. The fraction of sp³-hybridized carbons (Fsp3) is 0. The van der Waals surface area contributed by atoms with Crippen molar-refractivity contribution in [1.29, 1.82) is 0 Å². The van der Waals surface area contributed by atoms with E-state index >= 15 is 0 Å². The van der Waals surface area contributed by atoms with Crippen LogP contribution in [0.2, 0.25) is 0 Å². The summed E-state index contributed by atoms with van der Waals surface area (Å²) in [6, 6.07) is 4.76. The summed E-state index contributed by atoms with van der Waals surface area (Å²) < 4.78 is 52.1. The van der Waals surface area contributed by atoms with Gasteiger partial charge in [0.1, 0.15) is 9.90 Å². The summed E-state index contributed by atoms with van der Waals surface area (Å²) in [5.41, 5.74) is -0.402. The molecule has 1 N–H and O–H groups in total. The highest BCUT2D eigenvalue weighted by molar-refractivity contribution is 9.11. The largest absolute Gasteiger partial charge is 0.274 e. The van der Waals surface area contributed by atoms with Gasteiger partial charge in [-0.1, -0.05) is 0 Å². The van der Waals surface area contributed by atoms with Crippen LogP contribution >= 0.6 is 27.3 Å². The molecule has 0 aliphatic heterocycles. The average molecular weight is 355 g/mol. The van der Waals surface area contributed by atoms with E-state index in [1.165, 1.54) is 6.07 Å². The normalized spacial score (nSPS) is 11.5. The van der Waals surface area contributed by atoms with Crippen LogP contribution in [0.3, 0.4) is 0 Å². The van der Waals surface area contributed by atoms with Crippen molar-refractivity contribution >= 4 is 43.0 Å². The van der Waals surface area contributed by atoms with Gasteiger partial charge in [-0.05, 0) is 40.2 Å². The van der Waals surface area contributed by atoms with E-state index in [9.17, 15) is 17.2 Å². The summed E-state index contributed by atoms with van der Waals surface area (Å²) in [6.45, 7) is 0. The molecule has 0 bridgehead atoms. The second kappa shape index (κ2) is 4.90. The molecule has 0 fully saturated rings. The number of hydrogen-bond acceptors (Lipinski definition) is 4. The van der Waals surface area contributed by atoms with E-state index in [1.807, 2.05) is 4.72 Å². The molecule has 0 aromatic carbocycles. The van der Waals surface area contributed by atoms with Gasteiger partial charge in [-0.15, -0.1) is 11.3 Å². The first-order valence-corrected chi connectivity index (χ1v) is 7.58. The number of thiophene rings is 1. The molecule has 4 nitrogen and oxygen atoms in total. The number of hydrogen-bond donors (Lipinski definition) is 1. The summed E-state index contributed by atoms with van der Waals surface area (Å²) in [6.07, 6.45) is 0. The Kier molecular flexibility index (Phi) is 3.64. The van der Waals surface area contributed by atoms with Crippen molar-refractivity contribution in [3.63, 3.8) is 0 Å². The average Bonchev–Trinajstić information content (AvgIpc) is 2.70. The fourth-order valence-electron chi connectivity index (χ4n) is 1.13. The van der Waals surface area contributed by atoms with E-state index in [-0.39, 0.29) is 4.21 Å². The topological polar surface area (TPSA) is 59.1 Å². The second-order valence-electron chi connectivity index (χ2n) is 3.14.